The first kappa shape index (κ1) is 13.6. The second kappa shape index (κ2) is 5.97. The second-order valence-corrected chi connectivity index (χ2v) is 5.58. The third-order valence-electron chi connectivity index (χ3n) is 4.13. The molecule has 0 unspecified atom stereocenters. The summed E-state index contributed by atoms with van der Waals surface area (Å²) in [4.78, 5) is 0. The summed E-state index contributed by atoms with van der Waals surface area (Å²) < 4.78 is 0. The highest BCUT2D eigenvalue weighted by Crippen LogP contribution is 2.35. The number of benzene rings is 3. The molecule has 21 heavy (non-hydrogen) atoms. The van der Waals surface area contributed by atoms with Crippen molar-refractivity contribution in [2.24, 2.45) is 0 Å². The number of rotatable bonds is 0. The molecule has 0 spiro atoms. The molecule has 4 rings (SSSR count). The molecule has 0 nitrogen and oxygen atoms in total. The van der Waals surface area contributed by atoms with Gasteiger partial charge in [0.05, 0.1) is 0 Å². The molecule has 0 N–H and O–H groups in total. The lowest BCUT2D eigenvalue weighted by molar-refractivity contribution is 1.26. The van der Waals surface area contributed by atoms with Gasteiger partial charge in [-0.25, -0.2) is 0 Å². The Kier molecular flexibility index (Phi) is 3.87. The fourth-order valence-electron chi connectivity index (χ4n) is 2.74. The zero-order valence-corrected chi connectivity index (χ0v) is 12.6. The first-order chi connectivity index (χ1) is 10.3. The summed E-state index contributed by atoms with van der Waals surface area (Å²) in [5.74, 6) is 0. The van der Waals surface area contributed by atoms with Crippen molar-refractivity contribution in [2.45, 2.75) is 20.3 Å². The van der Waals surface area contributed by atoms with E-state index < -0.39 is 0 Å². The van der Waals surface area contributed by atoms with Crippen LogP contribution >= 0.6 is 0 Å². The molecule has 0 atom stereocenters. The smallest absolute Gasteiger partial charge is 0.00135 e. The highest BCUT2D eigenvalue weighted by atomic mass is 14.2. The topological polar surface area (TPSA) is 0 Å². The average Bonchev–Trinajstić information content (AvgIpc) is 2.90. The Labute approximate surface area is 127 Å². The summed E-state index contributed by atoms with van der Waals surface area (Å²) in [5.41, 5.74) is 8.49. The second-order valence-electron chi connectivity index (χ2n) is 5.58. The van der Waals surface area contributed by atoms with Crippen LogP contribution in [-0.4, -0.2) is 0 Å². The van der Waals surface area contributed by atoms with Crippen molar-refractivity contribution >= 4 is 0 Å². The Bertz CT molecular complexity index is 689. The van der Waals surface area contributed by atoms with Crippen LogP contribution in [0.4, 0.5) is 0 Å². The van der Waals surface area contributed by atoms with Crippen LogP contribution in [-0.2, 0) is 6.42 Å². The van der Waals surface area contributed by atoms with E-state index in [0.717, 1.165) is 6.42 Å². The van der Waals surface area contributed by atoms with E-state index in [4.69, 9.17) is 0 Å². The predicted octanol–water partition coefficient (Wildman–Crippen LogP) is 5.56. The Balaban J connectivity index is 0.000000143. The van der Waals surface area contributed by atoms with Gasteiger partial charge in [0.2, 0.25) is 0 Å². The summed E-state index contributed by atoms with van der Waals surface area (Å²) in [5, 5.41) is 0. The Hall–Kier alpha value is -2.34. The molecule has 1 aliphatic rings. The summed E-state index contributed by atoms with van der Waals surface area (Å²) in [6.45, 7) is 4.24. The van der Waals surface area contributed by atoms with Gasteiger partial charge in [0, 0.05) is 0 Å². The van der Waals surface area contributed by atoms with Crippen molar-refractivity contribution in [2.75, 3.05) is 0 Å². The van der Waals surface area contributed by atoms with E-state index in [1.165, 1.54) is 33.4 Å². The minimum atomic E-state index is 1.10. The van der Waals surface area contributed by atoms with Crippen molar-refractivity contribution in [3.63, 3.8) is 0 Å². The number of hydrogen-bond donors (Lipinski definition) is 0. The highest BCUT2D eigenvalue weighted by molar-refractivity contribution is 5.76. The minimum absolute atomic E-state index is 1.10. The van der Waals surface area contributed by atoms with Crippen molar-refractivity contribution in [1.29, 1.82) is 0 Å². The van der Waals surface area contributed by atoms with Gasteiger partial charge >= 0.3 is 0 Å². The molecule has 0 heterocycles. The van der Waals surface area contributed by atoms with Crippen LogP contribution in [0.5, 0.6) is 0 Å². The van der Waals surface area contributed by atoms with Crippen molar-refractivity contribution in [3.05, 3.63) is 95.1 Å². The van der Waals surface area contributed by atoms with E-state index in [2.05, 4.69) is 86.6 Å². The summed E-state index contributed by atoms with van der Waals surface area (Å²) in [6, 6.07) is 25.7. The van der Waals surface area contributed by atoms with Gasteiger partial charge in [-0.1, -0.05) is 72.8 Å². The fourth-order valence-corrected chi connectivity index (χ4v) is 2.74. The van der Waals surface area contributed by atoms with Crippen LogP contribution < -0.4 is 0 Å². The maximum absolute atomic E-state index is 2.22. The number of aryl methyl sites for hydroxylation is 2. The molecule has 0 bridgehead atoms. The normalized spacial score (nSPS) is 11.1. The van der Waals surface area contributed by atoms with Crippen LogP contribution in [0.15, 0.2) is 72.8 Å². The van der Waals surface area contributed by atoms with Gasteiger partial charge < -0.3 is 0 Å². The highest BCUT2D eigenvalue weighted by Gasteiger charge is 2.15. The number of fused-ring (bicyclic) bond motifs is 3. The molecule has 0 radical (unpaired) electrons. The van der Waals surface area contributed by atoms with Gasteiger partial charge in [0.1, 0.15) is 0 Å². The van der Waals surface area contributed by atoms with E-state index in [-0.39, 0.29) is 0 Å². The molecule has 0 heteroatoms. The third-order valence-corrected chi connectivity index (χ3v) is 4.13. The lowest BCUT2D eigenvalue weighted by Gasteiger charge is -1.98. The van der Waals surface area contributed by atoms with Gasteiger partial charge in [0.15, 0.2) is 0 Å². The van der Waals surface area contributed by atoms with Gasteiger partial charge in [-0.3, -0.25) is 0 Å². The predicted molar refractivity (Wildman–Crippen MR) is 90.6 cm³/mol. The quantitative estimate of drug-likeness (QED) is 0.393. The SMILES string of the molecule is Cc1ccccc1C.c1ccc2c(c1)Cc1ccccc1-2. The lowest BCUT2D eigenvalue weighted by atomic mass is 10.1. The van der Waals surface area contributed by atoms with E-state index in [1.54, 1.807) is 0 Å². The first-order valence-corrected chi connectivity index (χ1v) is 7.44. The molecular weight excluding hydrogens is 252 g/mol. The van der Waals surface area contributed by atoms with E-state index in [9.17, 15) is 0 Å². The van der Waals surface area contributed by atoms with Crippen LogP contribution in [0.1, 0.15) is 22.3 Å². The third kappa shape index (κ3) is 2.90. The zero-order valence-electron chi connectivity index (χ0n) is 12.6. The van der Waals surface area contributed by atoms with E-state index >= 15 is 0 Å². The lowest BCUT2D eigenvalue weighted by Crippen LogP contribution is -1.77. The molecule has 3 aromatic carbocycles. The van der Waals surface area contributed by atoms with Crippen LogP contribution in [0.2, 0.25) is 0 Å². The maximum Gasteiger partial charge on any atom is -0.00135 e. The molecule has 0 aromatic heterocycles. The van der Waals surface area contributed by atoms with Gasteiger partial charge in [-0.05, 0) is 53.6 Å². The fraction of sp³-hybridized carbons (Fsp3) is 0.143. The first-order valence-electron chi connectivity index (χ1n) is 7.44. The van der Waals surface area contributed by atoms with Gasteiger partial charge in [-0.15, -0.1) is 0 Å². The molecule has 0 saturated heterocycles. The number of hydrogen-bond acceptors (Lipinski definition) is 0. The van der Waals surface area contributed by atoms with Crippen molar-refractivity contribution in [1.82, 2.24) is 0 Å². The van der Waals surface area contributed by atoms with Gasteiger partial charge in [0.25, 0.3) is 0 Å². The minimum Gasteiger partial charge on any atom is -0.0620 e. The van der Waals surface area contributed by atoms with Crippen molar-refractivity contribution in [3.8, 4) is 11.1 Å². The Morgan fingerprint density at radius 2 is 0.905 bits per heavy atom. The molecule has 0 amide bonds. The molecule has 1 aliphatic carbocycles. The van der Waals surface area contributed by atoms with E-state index in [1.807, 2.05) is 0 Å². The Morgan fingerprint density at radius 3 is 1.33 bits per heavy atom. The molecular formula is C21H20. The Morgan fingerprint density at radius 1 is 0.524 bits per heavy atom. The average molecular weight is 272 g/mol. The van der Waals surface area contributed by atoms with Crippen LogP contribution in [0, 0.1) is 13.8 Å². The molecule has 0 fully saturated rings. The monoisotopic (exact) mass is 272 g/mol. The zero-order chi connectivity index (χ0) is 14.7. The molecule has 0 saturated carbocycles. The van der Waals surface area contributed by atoms with Gasteiger partial charge in [-0.2, -0.15) is 0 Å². The van der Waals surface area contributed by atoms with Crippen LogP contribution in [0.25, 0.3) is 11.1 Å². The molecule has 104 valence electrons. The summed E-state index contributed by atoms with van der Waals surface area (Å²) >= 11 is 0. The largest absolute Gasteiger partial charge is 0.0620 e. The van der Waals surface area contributed by atoms with E-state index in [0.29, 0.717) is 0 Å². The summed E-state index contributed by atoms with van der Waals surface area (Å²) in [7, 11) is 0. The van der Waals surface area contributed by atoms with Crippen molar-refractivity contribution < 1.29 is 0 Å². The standard InChI is InChI=1S/C13H10.C8H10/c1-3-7-12-10(5-1)9-11-6-2-4-8-13(11)12;1-7-5-3-4-6-8(7)2/h1-8H,9H2;3-6H,1-2H3. The summed E-state index contributed by atoms with van der Waals surface area (Å²) in [6.07, 6.45) is 1.10. The molecule has 0 aliphatic heterocycles. The maximum atomic E-state index is 2.22. The molecule has 3 aromatic rings. The van der Waals surface area contributed by atoms with Crippen LogP contribution in [0.3, 0.4) is 0 Å².